The van der Waals surface area contributed by atoms with Gasteiger partial charge < -0.3 is 10.0 Å². The van der Waals surface area contributed by atoms with Crippen LogP contribution in [0.15, 0.2) is 23.2 Å². The average Bonchev–Trinajstić information content (AvgIpc) is 2.56. The molecule has 2 atom stereocenters. The van der Waals surface area contributed by atoms with Crippen LogP contribution in [0.3, 0.4) is 0 Å². The van der Waals surface area contributed by atoms with Crippen LogP contribution in [-0.4, -0.2) is 47.2 Å². The first-order chi connectivity index (χ1) is 11.1. The van der Waals surface area contributed by atoms with Crippen molar-refractivity contribution in [3.05, 3.63) is 23.8 Å². The molecule has 0 saturated carbocycles. The predicted molar refractivity (Wildman–Crippen MR) is 86.3 cm³/mol. The molecule has 6 heteroatoms. The largest absolute Gasteiger partial charge is 0.872 e. The van der Waals surface area contributed by atoms with Gasteiger partial charge in [-0.25, -0.2) is 0 Å². The van der Waals surface area contributed by atoms with Crippen LogP contribution < -0.4 is 10.3 Å². The van der Waals surface area contributed by atoms with Crippen molar-refractivity contribution in [2.45, 2.75) is 38.1 Å². The number of benzene rings is 1. The number of rotatable bonds is 4. The third-order valence-corrected chi connectivity index (χ3v) is 5.02. The summed E-state index contributed by atoms with van der Waals surface area (Å²) in [5.41, 5.74) is 0.536. The van der Waals surface area contributed by atoms with Crippen molar-refractivity contribution in [1.82, 2.24) is 4.90 Å². The summed E-state index contributed by atoms with van der Waals surface area (Å²) in [5, 5.41) is 29.9. The normalized spacial score (nSPS) is 25.5. The highest BCUT2D eigenvalue weighted by Crippen LogP contribution is 2.31. The maximum atomic E-state index is 11.8. The Labute approximate surface area is 136 Å². The Bertz CT molecular complexity index is 560. The predicted octanol–water partition coefficient (Wildman–Crippen LogP) is 2.03. The molecule has 126 valence electrons. The SMILES string of the molecule is [O-]c1ccc(N(O)O)cc1C=NCC1CCCN2CCCCC12. The van der Waals surface area contributed by atoms with Gasteiger partial charge >= 0.3 is 0 Å². The van der Waals surface area contributed by atoms with E-state index in [1.807, 2.05) is 0 Å². The lowest BCUT2D eigenvalue weighted by Crippen LogP contribution is -2.48. The number of hydrogen-bond donors (Lipinski definition) is 2. The molecule has 2 unspecified atom stereocenters. The van der Waals surface area contributed by atoms with Gasteiger partial charge in [-0.15, -0.1) is 5.23 Å². The molecule has 6 nitrogen and oxygen atoms in total. The van der Waals surface area contributed by atoms with E-state index in [0.717, 1.165) is 6.54 Å². The number of hydrogen-bond acceptors (Lipinski definition) is 6. The Kier molecular flexibility index (Phi) is 5.15. The number of fused-ring (bicyclic) bond motifs is 1. The van der Waals surface area contributed by atoms with Gasteiger partial charge in [0.25, 0.3) is 0 Å². The van der Waals surface area contributed by atoms with E-state index in [4.69, 9.17) is 10.4 Å². The monoisotopic (exact) mass is 318 g/mol. The van der Waals surface area contributed by atoms with E-state index in [1.54, 1.807) is 6.21 Å². The zero-order valence-electron chi connectivity index (χ0n) is 13.3. The van der Waals surface area contributed by atoms with Crippen LogP contribution in [0.25, 0.3) is 0 Å². The molecule has 0 aromatic heterocycles. The second kappa shape index (κ2) is 7.29. The first kappa shape index (κ1) is 16.2. The van der Waals surface area contributed by atoms with Gasteiger partial charge in [-0.1, -0.05) is 18.2 Å². The number of piperidine rings is 2. The van der Waals surface area contributed by atoms with E-state index in [2.05, 4.69) is 9.89 Å². The fraction of sp³-hybridized carbons (Fsp3) is 0.588. The summed E-state index contributed by atoms with van der Waals surface area (Å²) in [6.07, 6.45) is 7.85. The standard InChI is InChI=1S/C17H25N3O3/c21-17-7-6-15(20(22)23)10-14(17)12-18-11-13-4-3-9-19-8-2-1-5-16(13)19/h6-7,10,12-13,16,21-23H,1-5,8-9,11H2/p-1. The maximum absolute atomic E-state index is 11.8. The Morgan fingerprint density at radius 1 is 1.22 bits per heavy atom. The Balaban J connectivity index is 1.65. The maximum Gasteiger partial charge on any atom is 0.0948 e. The molecule has 2 aliphatic rings. The fourth-order valence-corrected chi connectivity index (χ4v) is 3.84. The van der Waals surface area contributed by atoms with Crippen molar-refractivity contribution in [3.63, 3.8) is 0 Å². The van der Waals surface area contributed by atoms with Crippen LogP contribution in [0.2, 0.25) is 0 Å². The molecule has 2 heterocycles. The van der Waals surface area contributed by atoms with Gasteiger partial charge in [0, 0.05) is 18.8 Å². The molecule has 0 radical (unpaired) electrons. The highest BCUT2D eigenvalue weighted by molar-refractivity contribution is 5.84. The van der Waals surface area contributed by atoms with E-state index in [9.17, 15) is 5.11 Å². The molecular weight excluding hydrogens is 294 g/mol. The van der Waals surface area contributed by atoms with E-state index in [-0.39, 0.29) is 16.7 Å². The molecule has 1 aromatic carbocycles. The van der Waals surface area contributed by atoms with Crippen molar-refractivity contribution in [1.29, 1.82) is 0 Å². The molecule has 1 aromatic rings. The molecule has 3 rings (SSSR count). The molecule has 0 bridgehead atoms. The smallest absolute Gasteiger partial charge is 0.0948 e. The molecule has 0 aliphatic carbocycles. The van der Waals surface area contributed by atoms with Gasteiger partial charge in [0.2, 0.25) is 0 Å². The Morgan fingerprint density at radius 3 is 2.87 bits per heavy atom. The fourth-order valence-electron chi connectivity index (χ4n) is 3.84. The molecule has 23 heavy (non-hydrogen) atoms. The van der Waals surface area contributed by atoms with Crippen molar-refractivity contribution in [2.75, 3.05) is 24.9 Å². The third-order valence-electron chi connectivity index (χ3n) is 5.02. The van der Waals surface area contributed by atoms with Crippen LogP contribution >= 0.6 is 0 Å². The summed E-state index contributed by atoms with van der Waals surface area (Å²) in [5.74, 6) is 0.396. The van der Waals surface area contributed by atoms with Crippen molar-refractivity contribution in [2.24, 2.45) is 10.9 Å². The van der Waals surface area contributed by atoms with Crippen LogP contribution in [0.1, 0.15) is 37.7 Å². The van der Waals surface area contributed by atoms with Gasteiger partial charge in [-0.3, -0.25) is 15.4 Å². The molecule has 2 fully saturated rings. The second-order valence-corrected chi connectivity index (χ2v) is 6.51. The van der Waals surface area contributed by atoms with Crippen molar-refractivity contribution < 1.29 is 15.5 Å². The van der Waals surface area contributed by atoms with Crippen LogP contribution in [0.5, 0.6) is 5.75 Å². The van der Waals surface area contributed by atoms with Gasteiger partial charge in [0.1, 0.15) is 0 Å². The zero-order chi connectivity index (χ0) is 16.2. The molecule has 2 aliphatic heterocycles. The molecular formula is C17H24N3O3-. The molecule has 0 spiro atoms. The molecule has 0 amide bonds. The van der Waals surface area contributed by atoms with Crippen LogP contribution in [-0.2, 0) is 0 Å². The van der Waals surface area contributed by atoms with E-state index in [1.165, 1.54) is 63.4 Å². The summed E-state index contributed by atoms with van der Waals surface area (Å²) >= 11 is 0. The molecule has 2 saturated heterocycles. The van der Waals surface area contributed by atoms with E-state index < -0.39 is 0 Å². The van der Waals surface area contributed by atoms with Crippen molar-refractivity contribution in [3.8, 4) is 5.75 Å². The summed E-state index contributed by atoms with van der Waals surface area (Å²) in [6, 6.07) is 4.75. The van der Waals surface area contributed by atoms with Crippen LogP contribution in [0.4, 0.5) is 5.69 Å². The minimum Gasteiger partial charge on any atom is -0.872 e. The van der Waals surface area contributed by atoms with E-state index >= 15 is 0 Å². The van der Waals surface area contributed by atoms with E-state index in [0.29, 0.717) is 17.5 Å². The number of aliphatic imine (C=N–C) groups is 1. The van der Waals surface area contributed by atoms with Gasteiger partial charge in [0.15, 0.2) is 0 Å². The lowest BCUT2D eigenvalue weighted by Gasteiger charge is -2.44. The summed E-state index contributed by atoms with van der Waals surface area (Å²) in [6.45, 7) is 3.15. The lowest BCUT2D eigenvalue weighted by atomic mass is 9.83. The third kappa shape index (κ3) is 3.83. The Hall–Kier alpha value is -1.63. The highest BCUT2D eigenvalue weighted by Gasteiger charge is 2.32. The minimum absolute atomic E-state index is 0.0117. The topological polar surface area (TPSA) is 82.4 Å². The minimum atomic E-state index is -0.165. The first-order valence-electron chi connectivity index (χ1n) is 8.38. The van der Waals surface area contributed by atoms with Gasteiger partial charge in [-0.05, 0) is 62.4 Å². The average molecular weight is 318 g/mol. The van der Waals surface area contributed by atoms with Gasteiger partial charge in [0.05, 0.1) is 5.69 Å². The second-order valence-electron chi connectivity index (χ2n) is 6.51. The lowest BCUT2D eigenvalue weighted by molar-refractivity contribution is -0.268. The highest BCUT2D eigenvalue weighted by atomic mass is 16.8. The first-order valence-corrected chi connectivity index (χ1v) is 8.38. The zero-order valence-corrected chi connectivity index (χ0v) is 13.3. The molecule has 2 N–H and O–H groups in total. The Morgan fingerprint density at radius 2 is 2.04 bits per heavy atom. The van der Waals surface area contributed by atoms with Crippen LogP contribution in [0, 0.1) is 5.92 Å². The summed E-state index contributed by atoms with van der Waals surface area (Å²) < 4.78 is 0. The quantitative estimate of drug-likeness (QED) is 0.655. The summed E-state index contributed by atoms with van der Waals surface area (Å²) in [7, 11) is 0. The van der Waals surface area contributed by atoms with Crippen molar-refractivity contribution >= 4 is 11.9 Å². The number of nitrogens with zero attached hydrogens (tertiary/aromatic N) is 3. The number of anilines is 1. The van der Waals surface area contributed by atoms with Gasteiger partial charge in [-0.2, -0.15) is 0 Å². The summed E-state index contributed by atoms with van der Waals surface area (Å²) in [4.78, 5) is 7.08.